The molecule has 4 rings (SSSR count). The summed E-state index contributed by atoms with van der Waals surface area (Å²) in [5.41, 5.74) is 0.888. The van der Waals surface area contributed by atoms with E-state index in [1.165, 1.54) is 0 Å². The van der Waals surface area contributed by atoms with E-state index in [2.05, 4.69) is 36.1 Å². The molecule has 0 amide bonds. The van der Waals surface area contributed by atoms with Gasteiger partial charge in [-0.25, -0.2) is 9.97 Å². The van der Waals surface area contributed by atoms with Gasteiger partial charge in [-0.3, -0.25) is 0 Å². The van der Waals surface area contributed by atoms with Crippen LogP contribution >= 0.6 is 39.0 Å². The number of halogens is 1. The second-order valence-corrected chi connectivity index (χ2v) is 7.30. The van der Waals surface area contributed by atoms with Gasteiger partial charge in [-0.15, -0.1) is 21.5 Å². The van der Waals surface area contributed by atoms with Crippen LogP contribution in [0.25, 0.3) is 21.7 Å². The molecule has 0 aliphatic carbocycles. The Morgan fingerprint density at radius 3 is 2.96 bits per heavy atom. The van der Waals surface area contributed by atoms with Crippen LogP contribution in [0.5, 0.6) is 0 Å². The zero-order chi connectivity index (χ0) is 15.6. The molecule has 4 aromatic rings. The van der Waals surface area contributed by atoms with E-state index >= 15 is 0 Å². The number of hydrogen-bond acceptors (Lipinski definition) is 7. The first-order valence-corrected chi connectivity index (χ1v) is 9.35. The number of rotatable bonds is 4. The van der Waals surface area contributed by atoms with E-state index in [1.807, 2.05) is 35.7 Å². The van der Waals surface area contributed by atoms with Crippen molar-refractivity contribution in [3.63, 3.8) is 0 Å². The van der Waals surface area contributed by atoms with Crippen LogP contribution in [0.2, 0.25) is 0 Å². The molecule has 0 saturated heterocycles. The Morgan fingerprint density at radius 1 is 1.13 bits per heavy atom. The average Bonchev–Trinajstić information content (AvgIpc) is 3.22. The van der Waals surface area contributed by atoms with E-state index in [0.717, 1.165) is 25.3 Å². The molecule has 0 spiro atoms. The normalized spacial score (nSPS) is 11.2. The molecule has 0 fully saturated rings. The van der Waals surface area contributed by atoms with Crippen molar-refractivity contribution < 1.29 is 4.42 Å². The van der Waals surface area contributed by atoms with E-state index in [0.29, 0.717) is 17.5 Å². The van der Waals surface area contributed by atoms with Gasteiger partial charge >= 0.3 is 0 Å². The van der Waals surface area contributed by atoms with Gasteiger partial charge in [-0.2, -0.15) is 0 Å². The second kappa shape index (κ2) is 6.38. The average molecular weight is 405 g/mol. The minimum atomic E-state index is 0.511. The third kappa shape index (κ3) is 3.01. The summed E-state index contributed by atoms with van der Waals surface area (Å²) < 4.78 is 6.68. The fourth-order valence-electron chi connectivity index (χ4n) is 2.07. The highest BCUT2D eigenvalue weighted by Crippen LogP contribution is 2.31. The number of thiophene rings is 1. The molecule has 0 bridgehead atoms. The van der Waals surface area contributed by atoms with Crippen LogP contribution in [0.4, 0.5) is 0 Å². The molecule has 5 nitrogen and oxygen atoms in total. The highest BCUT2D eigenvalue weighted by molar-refractivity contribution is 9.10. The zero-order valence-corrected chi connectivity index (χ0v) is 14.9. The molecule has 0 aliphatic heterocycles. The van der Waals surface area contributed by atoms with E-state index < -0.39 is 0 Å². The first kappa shape index (κ1) is 14.8. The van der Waals surface area contributed by atoms with Crippen LogP contribution in [0.3, 0.4) is 0 Å². The Labute approximate surface area is 148 Å². The zero-order valence-electron chi connectivity index (χ0n) is 11.6. The van der Waals surface area contributed by atoms with Crippen molar-refractivity contribution in [1.82, 2.24) is 20.2 Å². The van der Waals surface area contributed by atoms with Crippen LogP contribution in [0.1, 0.15) is 5.89 Å². The third-order valence-corrected chi connectivity index (χ3v) is 5.63. The Morgan fingerprint density at radius 2 is 2.04 bits per heavy atom. The van der Waals surface area contributed by atoms with Crippen molar-refractivity contribution in [3.8, 4) is 11.5 Å². The van der Waals surface area contributed by atoms with E-state index in [-0.39, 0.29) is 0 Å². The van der Waals surface area contributed by atoms with Crippen molar-refractivity contribution >= 4 is 49.2 Å². The number of benzene rings is 1. The molecule has 0 radical (unpaired) electrons. The maximum absolute atomic E-state index is 5.75. The molecule has 0 unspecified atom stereocenters. The largest absolute Gasteiger partial charge is 0.420 e. The second-order valence-electron chi connectivity index (χ2n) is 4.59. The van der Waals surface area contributed by atoms with Gasteiger partial charge in [0.05, 0.1) is 11.3 Å². The van der Waals surface area contributed by atoms with Crippen molar-refractivity contribution in [2.75, 3.05) is 0 Å². The summed E-state index contributed by atoms with van der Waals surface area (Å²) in [5.74, 6) is 1.65. The van der Waals surface area contributed by atoms with Gasteiger partial charge in [0.2, 0.25) is 11.8 Å². The lowest BCUT2D eigenvalue weighted by Crippen LogP contribution is -1.85. The van der Waals surface area contributed by atoms with Gasteiger partial charge in [0.1, 0.15) is 16.2 Å². The van der Waals surface area contributed by atoms with Crippen molar-refractivity contribution in [2.24, 2.45) is 0 Å². The quantitative estimate of drug-likeness (QED) is 0.359. The van der Waals surface area contributed by atoms with Gasteiger partial charge in [-0.05, 0) is 39.5 Å². The number of thioether (sulfide) groups is 1. The first-order chi connectivity index (χ1) is 11.3. The van der Waals surface area contributed by atoms with Crippen LogP contribution in [0.15, 0.2) is 56.0 Å². The van der Waals surface area contributed by atoms with E-state index in [9.17, 15) is 0 Å². The number of nitrogens with zero attached hydrogens (tertiary/aromatic N) is 4. The van der Waals surface area contributed by atoms with Gasteiger partial charge in [0, 0.05) is 9.86 Å². The van der Waals surface area contributed by atoms with Crippen LogP contribution in [-0.2, 0) is 5.75 Å². The highest BCUT2D eigenvalue weighted by atomic mass is 79.9. The predicted molar refractivity (Wildman–Crippen MR) is 94.4 cm³/mol. The molecular formula is C15H9BrN4OS2. The summed E-state index contributed by atoms with van der Waals surface area (Å²) in [7, 11) is 0. The Balaban J connectivity index is 1.54. The lowest BCUT2D eigenvalue weighted by Gasteiger charge is -1.99. The van der Waals surface area contributed by atoms with Gasteiger partial charge in [-0.1, -0.05) is 23.9 Å². The standard InChI is InChI=1S/C15H9BrN4OS2/c16-11-4-2-1-3-9(11)13-20-19-12(21-13)7-23-15-10-5-6-22-14(10)17-8-18-15/h1-6,8H,7H2. The molecule has 0 N–H and O–H groups in total. The number of fused-ring (bicyclic) bond motifs is 1. The molecular weight excluding hydrogens is 396 g/mol. The van der Waals surface area contributed by atoms with Crippen molar-refractivity contribution in [2.45, 2.75) is 10.8 Å². The molecule has 3 aromatic heterocycles. The summed E-state index contributed by atoms with van der Waals surface area (Å²) in [4.78, 5) is 9.57. The van der Waals surface area contributed by atoms with Gasteiger partial charge in [0.25, 0.3) is 0 Å². The van der Waals surface area contributed by atoms with Crippen LogP contribution < -0.4 is 0 Å². The minimum absolute atomic E-state index is 0.511. The Bertz CT molecular complexity index is 969. The van der Waals surface area contributed by atoms with E-state index in [1.54, 1.807) is 29.4 Å². The number of hydrogen-bond donors (Lipinski definition) is 0. The topological polar surface area (TPSA) is 64.7 Å². The molecule has 0 saturated carbocycles. The minimum Gasteiger partial charge on any atom is -0.420 e. The van der Waals surface area contributed by atoms with Crippen LogP contribution in [0, 0.1) is 0 Å². The predicted octanol–water partition coefficient (Wildman–Crippen LogP) is 4.80. The van der Waals surface area contributed by atoms with Gasteiger partial charge < -0.3 is 4.42 Å². The molecule has 3 heterocycles. The lowest BCUT2D eigenvalue weighted by molar-refractivity contribution is 0.528. The SMILES string of the molecule is Brc1ccccc1-c1nnc(CSc2ncnc3sccc23)o1. The van der Waals surface area contributed by atoms with Crippen LogP contribution in [-0.4, -0.2) is 20.2 Å². The molecule has 8 heteroatoms. The summed E-state index contributed by atoms with van der Waals surface area (Å²) in [6.07, 6.45) is 1.58. The Hall–Kier alpha value is -1.77. The maximum Gasteiger partial charge on any atom is 0.248 e. The smallest absolute Gasteiger partial charge is 0.248 e. The monoisotopic (exact) mass is 404 g/mol. The third-order valence-electron chi connectivity index (χ3n) is 3.13. The maximum atomic E-state index is 5.75. The lowest BCUT2D eigenvalue weighted by atomic mass is 10.2. The highest BCUT2D eigenvalue weighted by Gasteiger charge is 2.13. The van der Waals surface area contributed by atoms with E-state index in [4.69, 9.17) is 4.42 Å². The Kier molecular flexibility index (Phi) is 4.11. The molecule has 114 valence electrons. The molecule has 0 aliphatic rings. The summed E-state index contributed by atoms with van der Waals surface area (Å²) >= 11 is 6.66. The summed E-state index contributed by atoms with van der Waals surface area (Å²) in [5, 5.41) is 12.2. The fraction of sp³-hybridized carbons (Fsp3) is 0.0667. The van der Waals surface area contributed by atoms with Crippen molar-refractivity contribution in [1.29, 1.82) is 0 Å². The molecule has 23 heavy (non-hydrogen) atoms. The molecule has 0 atom stereocenters. The summed E-state index contributed by atoms with van der Waals surface area (Å²) in [6, 6.07) is 9.80. The van der Waals surface area contributed by atoms with Crippen molar-refractivity contribution in [3.05, 3.63) is 52.4 Å². The van der Waals surface area contributed by atoms with Gasteiger partial charge in [0.15, 0.2) is 0 Å². The summed E-state index contributed by atoms with van der Waals surface area (Å²) in [6.45, 7) is 0. The molecule has 1 aromatic carbocycles. The number of aromatic nitrogens is 4. The fourth-order valence-corrected chi connectivity index (χ4v) is 4.14. The first-order valence-electron chi connectivity index (χ1n) is 6.69.